The van der Waals surface area contributed by atoms with Crippen LogP contribution in [0, 0.1) is 0 Å². The number of carbonyl (C=O) groups excluding carboxylic acids is 1. The molecule has 4 aromatic rings. The van der Waals surface area contributed by atoms with Gasteiger partial charge in [0, 0.05) is 18.8 Å². The summed E-state index contributed by atoms with van der Waals surface area (Å²) < 4.78 is 30.0. The number of nitrogens with one attached hydrogen (secondary N) is 1. The molecule has 2 aromatic carbocycles. The summed E-state index contributed by atoms with van der Waals surface area (Å²) in [5, 5.41) is 18.9. The average molecular weight is 451 g/mol. The Morgan fingerprint density at radius 1 is 1.09 bits per heavy atom. The van der Waals surface area contributed by atoms with Gasteiger partial charge in [-0.1, -0.05) is 18.2 Å². The lowest BCUT2D eigenvalue weighted by Crippen LogP contribution is -2.23. The van der Waals surface area contributed by atoms with Crippen LogP contribution in [0.25, 0.3) is 5.69 Å². The zero-order valence-corrected chi connectivity index (χ0v) is 17.3. The van der Waals surface area contributed by atoms with Crippen molar-refractivity contribution in [2.45, 2.75) is 11.4 Å². The van der Waals surface area contributed by atoms with E-state index in [2.05, 4.69) is 25.8 Å². The number of hydrogen-bond donors (Lipinski definition) is 2. The van der Waals surface area contributed by atoms with Crippen molar-refractivity contribution < 1.29 is 17.9 Å². The van der Waals surface area contributed by atoms with E-state index in [4.69, 9.17) is 9.88 Å². The highest BCUT2D eigenvalue weighted by atomic mass is 32.2. The van der Waals surface area contributed by atoms with Crippen molar-refractivity contribution in [3.05, 3.63) is 84.3 Å². The fourth-order valence-corrected chi connectivity index (χ4v) is 3.32. The van der Waals surface area contributed by atoms with E-state index in [1.807, 2.05) is 0 Å². The molecule has 0 bridgehead atoms. The monoisotopic (exact) mass is 451 g/mol. The van der Waals surface area contributed by atoms with Crippen molar-refractivity contribution in [2.75, 3.05) is 0 Å². The van der Waals surface area contributed by atoms with E-state index >= 15 is 0 Å². The molecule has 4 rings (SSSR count). The molecule has 32 heavy (non-hydrogen) atoms. The maximum Gasteiger partial charge on any atom is 0.257 e. The Hall–Kier alpha value is -4.16. The molecule has 0 fully saturated rings. The summed E-state index contributed by atoms with van der Waals surface area (Å²) >= 11 is 0. The van der Waals surface area contributed by atoms with Crippen molar-refractivity contribution in [3.8, 4) is 17.3 Å². The third-order valence-corrected chi connectivity index (χ3v) is 5.30. The number of primary sulfonamides is 1. The first-order chi connectivity index (χ1) is 15.4. The minimum absolute atomic E-state index is 0.000531. The van der Waals surface area contributed by atoms with Crippen LogP contribution >= 0.6 is 0 Å². The number of rotatable bonds is 7. The van der Waals surface area contributed by atoms with E-state index in [9.17, 15) is 13.2 Å². The zero-order chi connectivity index (χ0) is 22.6. The number of hydrogen-bond acceptors (Lipinski definition) is 8. The highest BCUT2D eigenvalue weighted by molar-refractivity contribution is 7.89. The molecule has 0 aliphatic rings. The molecular weight excluding hydrogens is 434 g/mol. The second-order valence-electron chi connectivity index (χ2n) is 6.58. The van der Waals surface area contributed by atoms with Gasteiger partial charge in [-0.2, -0.15) is 0 Å². The van der Waals surface area contributed by atoms with Crippen LogP contribution < -0.4 is 15.2 Å². The molecule has 0 saturated heterocycles. The highest BCUT2D eigenvalue weighted by Crippen LogP contribution is 2.24. The maximum absolute atomic E-state index is 12.7. The molecule has 1 amide bonds. The molecule has 0 aliphatic carbocycles. The first-order valence-corrected chi connectivity index (χ1v) is 10.8. The van der Waals surface area contributed by atoms with Gasteiger partial charge in [0.1, 0.15) is 17.6 Å². The number of pyridine rings is 1. The lowest BCUT2D eigenvalue weighted by Gasteiger charge is -2.11. The molecule has 0 saturated carbocycles. The molecule has 2 heterocycles. The maximum atomic E-state index is 12.7. The van der Waals surface area contributed by atoms with Gasteiger partial charge in [0.05, 0.1) is 10.6 Å². The molecule has 0 radical (unpaired) electrons. The Kier molecular flexibility index (Phi) is 5.87. The Morgan fingerprint density at radius 3 is 2.62 bits per heavy atom. The Morgan fingerprint density at radius 2 is 1.91 bits per heavy atom. The molecule has 0 aliphatic heterocycles. The summed E-state index contributed by atoms with van der Waals surface area (Å²) in [7, 11) is -3.77. The summed E-state index contributed by atoms with van der Waals surface area (Å²) in [5.41, 5.74) is 1.62. The number of benzene rings is 2. The second-order valence-corrected chi connectivity index (χ2v) is 8.14. The predicted octanol–water partition coefficient (Wildman–Crippen LogP) is 1.43. The smallest absolute Gasteiger partial charge is 0.257 e. The standard InChI is InChI=1S/C20H17N7O4S/c21-32(29,30)17-8-6-14(7-9-17)12-23-19(28)18-5-2-10-22-20(18)31-16-4-1-3-15(11-16)27-13-24-25-26-27/h1-11,13H,12H2,(H,23,28)(H2,21,29,30). The zero-order valence-electron chi connectivity index (χ0n) is 16.5. The van der Waals surface area contributed by atoms with Crippen molar-refractivity contribution in [1.29, 1.82) is 0 Å². The van der Waals surface area contributed by atoms with Crippen LogP contribution in [0.2, 0.25) is 0 Å². The van der Waals surface area contributed by atoms with E-state index in [0.717, 1.165) is 0 Å². The summed E-state index contributed by atoms with van der Waals surface area (Å²) in [6.45, 7) is 0.173. The lowest BCUT2D eigenvalue weighted by atomic mass is 10.2. The van der Waals surface area contributed by atoms with E-state index in [1.54, 1.807) is 48.5 Å². The fourth-order valence-electron chi connectivity index (χ4n) is 2.80. The van der Waals surface area contributed by atoms with Crippen molar-refractivity contribution in [3.63, 3.8) is 0 Å². The van der Waals surface area contributed by atoms with Crippen LogP contribution in [0.15, 0.2) is 78.1 Å². The first kappa shape index (κ1) is 21.1. The van der Waals surface area contributed by atoms with Crippen molar-refractivity contribution in [1.82, 2.24) is 30.5 Å². The molecule has 3 N–H and O–H groups in total. The normalized spacial score (nSPS) is 11.2. The van der Waals surface area contributed by atoms with Gasteiger partial charge in [-0.25, -0.2) is 23.2 Å². The lowest BCUT2D eigenvalue weighted by molar-refractivity contribution is 0.0948. The number of ether oxygens (including phenoxy) is 1. The van der Waals surface area contributed by atoms with Gasteiger partial charge in [-0.05, 0) is 52.4 Å². The number of nitrogens with two attached hydrogens (primary N) is 1. The summed E-state index contributed by atoms with van der Waals surface area (Å²) in [6.07, 6.45) is 2.97. The molecule has 2 aromatic heterocycles. The quantitative estimate of drug-likeness (QED) is 0.427. The van der Waals surface area contributed by atoms with Crippen LogP contribution in [0.5, 0.6) is 11.6 Å². The summed E-state index contributed by atoms with van der Waals surface area (Å²) in [6, 6.07) is 16.1. The number of tetrazole rings is 1. The van der Waals surface area contributed by atoms with Gasteiger partial charge in [-0.15, -0.1) is 5.10 Å². The van der Waals surface area contributed by atoms with Crippen LogP contribution in [-0.2, 0) is 16.6 Å². The predicted molar refractivity (Wildman–Crippen MR) is 112 cm³/mol. The van der Waals surface area contributed by atoms with Gasteiger partial charge in [0.25, 0.3) is 5.91 Å². The van der Waals surface area contributed by atoms with Crippen molar-refractivity contribution in [2.24, 2.45) is 5.14 Å². The first-order valence-electron chi connectivity index (χ1n) is 9.26. The van der Waals surface area contributed by atoms with E-state index in [1.165, 1.54) is 29.3 Å². The van der Waals surface area contributed by atoms with Gasteiger partial charge in [0.15, 0.2) is 0 Å². The number of aromatic nitrogens is 5. The number of nitrogens with zero attached hydrogens (tertiary/aromatic N) is 5. The molecule has 0 atom stereocenters. The topological polar surface area (TPSA) is 155 Å². The molecule has 0 spiro atoms. The Labute approximate surface area is 182 Å². The number of carbonyl (C=O) groups is 1. The third-order valence-electron chi connectivity index (χ3n) is 4.37. The third kappa shape index (κ3) is 4.94. The molecule has 12 heteroatoms. The Bertz CT molecular complexity index is 1340. The minimum Gasteiger partial charge on any atom is -0.438 e. The fraction of sp³-hybridized carbons (Fsp3) is 0.0500. The minimum atomic E-state index is -3.77. The van der Waals surface area contributed by atoms with Gasteiger partial charge >= 0.3 is 0 Å². The van der Waals surface area contributed by atoms with Crippen LogP contribution in [0.3, 0.4) is 0 Å². The van der Waals surface area contributed by atoms with Gasteiger partial charge in [-0.3, -0.25) is 4.79 Å². The van der Waals surface area contributed by atoms with Gasteiger partial charge < -0.3 is 10.1 Å². The average Bonchev–Trinajstić information content (AvgIpc) is 3.33. The number of amides is 1. The number of sulfonamides is 1. The SMILES string of the molecule is NS(=O)(=O)c1ccc(CNC(=O)c2cccnc2Oc2cccc(-n3cnnn3)c2)cc1. The van der Waals surface area contributed by atoms with E-state index in [-0.39, 0.29) is 22.9 Å². The second kappa shape index (κ2) is 8.91. The highest BCUT2D eigenvalue weighted by Gasteiger charge is 2.15. The molecule has 162 valence electrons. The Balaban J connectivity index is 1.47. The molecular formula is C20H17N7O4S. The largest absolute Gasteiger partial charge is 0.438 e. The van der Waals surface area contributed by atoms with Gasteiger partial charge in [0.2, 0.25) is 15.9 Å². The van der Waals surface area contributed by atoms with E-state index < -0.39 is 15.9 Å². The summed E-state index contributed by atoms with van der Waals surface area (Å²) in [5.74, 6) is 0.174. The van der Waals surface area contributed by atoms with Crippen LogP contribution in [-0.4, -0.2) is 39.5 Å². The van der Waals surface area contributed by atoms with Crippen LogP contribution in [0.4, 0.5) is 0 Å². The van der Waals surface area contributed by atoms with Crippen LogP contribution in [0.1, 0.15) is 15.9 Å². The van der Waals surface area contributed by atoms with Crippen molar-refractivity contribution >= 4 is 15.9 Å². The molecule has 0 unspecified atom stereocenters. The summed E-state index contributed by atoms with van der Waals surface area (Å²) in [4.78, 5) is 16.9. The van der Waals surface area contributed by atoms with E-state index in [0.29, 0.717) is 17.0 Å². The molecule has 11 nitrogen and oxygen atoms in total.